The number of halogens is 1. The van der Waals surface area contributed by atoms with E-state index in [2.05, 4.69) is 52.1 Å². The van der Waals surface area contributed by atoms with Crippen molar-refractivity contribution in [1.82, 2.24) is 4.90 Å². The van der Waals surface area contributed by atoms with E-state index in [1.165, 1.54) is 35.8 Å². The van der Waals surface area contributed by atoms with Gasteiger partial charge in [0.05, 0.1) is 0 Å². The maximum absolute atomic E-state index is 5.85. The third-order valence-corrected chi connectivity index (χ3v) is 4.84. The number of rotatable bonds is 5. The Morgan fingerprint density at radius 1 is 1.28 bits per heavy atom. The molecule has 2 unspecified atom stereocenters. The first-order valence-corrected chi connectivity index (χ1v) is 7.62. The summed E-state index contributed by atoms with van der Waals surface area (Å²) in [5.41, 5.74) is 7.21. The molecule has 0 aliphatic heterocycles. The van der Waals surface area contributed by atoms with E-state index in [4.69, 9.17) is 5.73 Å². The van der Waals surface area contributed by atoms with Crippen LogP contribution in [0.3, 0.4) is 0 Å². The summed E-state index contributed by atoms with van der Waals surface area (Å²) in [7, 11) is 2.21. The summed E-state index contributed by atoms with van der Waals surface area (Å²) in [6.45, 7) is 3.03. The fraction of sp³-hybridized carbons (Fsp3) is 0.600. The molecule has 1 aliphatic carbocycles. The minimum atomic E-state index is 0.742. The Morgan fingerprint density at radius 3 is 2.72 bits per heavy atom. The molecule has 100 valence electrons. The van der Waals surface area contributed by atoms with Gasteiger partial charge in [-0.25, -0.2) is 0 Å². The first-order valence-electron chi connectivity index (χ1n) is 6.82. The average molecular weight is 311 g/mol. The molecule has 0 saturated heterocycles. The summed E-state index contributed by atoms with van der Waals surface area (Å²) in [4.78, 5) is 2.43. The Morgan fingerprint density at radius 2 is 2.00 bits per heavy atom. The predicted octanol–water partition coefficient (Wildman–Crippen LogP) is 3.26. The van der Waals surface area contributed by atoms with Crippen LogP contribution in [0.4, 0.5) is 0 Å². The number of nitrogens with two attached hydrogens (primary N) is 1. The molecule has 0 amide bonds. The highest BCUT2D eigenvalue weighted by Crippen LogP contribution is 2.31. The second-order valence-corrected chi connectivity index (χ2v) is 6.33. The highest BCUT2D eigenvalue weighted by atomic mass is 79.9. The molecule has 2 N–H and O–H groups in total. The van der Waals surface area contributed by atoms with E-state index in [0.717, 1.165) is 24.9 Å². The van der Waals surface area contributed by atoms with Crippen LogP contribution in [0.1, 0.15) is 24.8 Å². The zero-order valence-electron chi connectivity index (χ0n) is 11.1. The molecule has 18 heavy (non-hydrogen) atoms. The normalized spacial score (nSPS) is 23.8. The summed E-state index contributed by atoms with van der Waals surface area (Å²) in [6, 6.07) is 8.47. The second-order valence-electron chi connectivity index (χ2n) is 5.47. The molecule has 2 atom stereocenters. The van der Waals surface area contributed by atoms with Gasteiger partial charge in [-0.1, -0.05) is 40.5 Å². The highest BCUT2D eigenvalue weighted by Gasteiger charge is 2.26. The van der Waals surface area contributed by atoms with Crippen molar-refractivity contribution in [1.29, 1.82) is 0 Å². The number of hydrogen-bond donors (Lipinski definition) is 1. The van der Waals surface area contributed by atoms with Gasteiger partial charge in [-0.15, -0.1) is 0 Å². The van der Waals surface area contributed by atoms with Crippen LogP contribution in [-0.4, -0.2) is 25.0 Å². The minimum Gasteiger partial charge on any atom is -0.330 e. The average Bonchev–Trinajstić information content (AvgIpc) is 2.79. The van der Waals surface area contributed by atoms with Crippen molar-refractivity contribution < 1.29 is 0 Å². The lowest BCUT2D eigenvalue weighted by molar-refractivity contribution is 0.236. The molecule has 0 spiro atoms. The first-order chi connectivity index (χ1) is 8.70. The fourth-order valence-corrected chi connectivity index (χ4v) is 3.46. The summed E-state index contributed by atoms with van der Waals surface area (Å²) in [6.07, 6.45) is 4.03. The van der Waals surface area contributed by atoms with Gasteiger partial charge < -0.3 is 10.6 Å². The third kappa shape index (κ3) is 3.56. The van der Waals surface area contributed by atoms with E-state index in [1.54, 1.807) is 0 Å². The van der Waals surface area contributed by atoms with Crippen molar-refractivity contribution >= 4 is 15.9 Å². The van der Waals surface area contributed by atoms with Crippen LogP contribution < -0.4 is 5.73 Å². The first kappa shape index (κ1) is 14.0. The van der Waals surface area contributed by atoms with Gasteiger partial charge in [-0.3, -0.25) is 0 Å². The molecular formula is C15H23BrN2. The van der Waals surface area contributed by atoms with Crippen LogP contribution >= 0.6 is 15.9 Å². The van der Waals surface area contributed by atoms with Gasteiger partial charge >= 0.3 is 0 Å². The van der Waals surface area contributed by atoms with Gasteiger partial charge in [0.1, 0.15) is 0 Å². The molecular weight excluding hydrogens is 288 g/mol. The highest BCUT2D eigenvalue weighted by molar-refractivity contribution is 9.10. The quantitative estimate of drug-likeness (QED) is 0.904. The van der Waals surface area contributed by atoms with Crippen molar-refractivity contribution in [3.63, 3.8) is 0 Å². The molecule has 0 bridgehead atoms. The number of nitrogens with zero attached hydrogens (tertiary/aromatic N) is 1. The summed E-state index contributed by atoms with van der Waals surface area (Å²) >= 11 is 3.62. The van der Waals surface area contributed by atoms with Gasteiger partial charge in [0.2, 0.25) is 0 Å². The van der Waals surface area contributed by atoms with E-state index in [1.807, 2.05) is 0 Å². The van der Waals surface area contributed by atoms with Crippen LogP contribution in [0.15, 0.2) is 28.7 Å². The van der Waals surface area contributed by atoms with E-state index in [0.29, 0.717) is 0 Å². The lowest BCUT2D eigenvalue weighted by Crippen LogP contribution is -2.30. The van der Waals surface area contributed by atoms with E-state index < -0.39 is 0 Å². The largest absolute Gasteiger partial charge is 0.330 e. The monoisotopic (exact) mass is 310 g/mol. The van der Waals surface area contributed by atoms with Crippen LogP contribution in [0.5, 0.6) is 0 Å². The third-order valence-electron chi connectivity index (χ3n) is 4.06. The Kier molecular flexibility index (Phi) is 5.22. The molecule has 1 aromatic rings. The number of benzene rings is 1. The molecule has 2 rings (SSSR count). The van der Waals surface area contributed by atoms with Crippen molar-refractivity contribution in [2.75, 3.05) is 20.1 Å². The molecule has 1 saturated carbocycles. The summed E-state index contributed by atoms with van der Waals surface area (Å²) in [5.74, 6) is 1.54. The fourth-order valence-electron chi connectivity index (χ4n) is 3.05. The summed E-state index contributed by atoms with van der Waals surface area (Å²) in [5, 5.41) is 0. The molecule has 1 fully saturated rings. The Bertz CT molecular complexity index is 381. The minimum absolute atomic E-state index is 0.742. The molecule has 1 aromatic carbocycles. The lowest BCUT2D eigenvalue weighted by atomic mass is 9.95. The van der Waals surface area contributed by atoms with Crippen molar-refractivity contribution in [3.05, 3.63) is 34.3 Å². The molecule has 0 heterocycles. The standard InChI is InChI=1S/C15H23BrN2/c1-18(10-13-7-4-6-12(13)9-17)11-14-5-2-3-8-15(14)16/h2-3,5,8,12-13H,4,6-7,9-11,17H2,1H3. The molecule has 3 heteroatoms. The van der Waals surface area contributed by atoms with E-state index in [-0.39, 0.29) is 0 Å². The van der Waals surface area contributed by atoms with E-state index >= 15 is 0 Å². The van der Waals surface area contributed by atoms with Gasteiger partial charge in [0.15, 0.2) is 0 Å². The topological polar surface area (TPSA) is 29.3 Å². The van der Waals surface area contributed by atoms with Crippen LogP contribution in [0.2, 0.25) is 0 Å². The summed E-state index contributed by atoms with van der Waals surface area (Å²) < 4.78 is 1.21. The zero-order chi connectivity index (χ0) is 13.0. The smallest absolute Gasteiger partial charge is 0.0242 e. The van der Waals surface area contributed by atoms with Crippen molar-refractivity contribution in [2.45, 2.75) is 25.8 Å². The predicted molar refractivity (Wildman–Crippen MR) is 80.4 cm³/mol. The van der Waals surface area contributed by atoms with Gasteiger partial charge in [0.25, 0.3) is 0 Å². The molecule has 0 aromatic heterocycles. The van der Waals surface area contributed by atoms with Gasteiger partial charge in [-0.05, 0) is 49.9 Å². The number of hydrogen-bond acceptors (Lipinski definition) is 2. The molecule has 2 nitrogen and oxygen atoms in total. The Balaban J connectivity index is 1.89. The SMILES string of the molecule is CN(Cc1ccccc1Br)CC1CCCC1CN. The maximum Gasteiger partial charge on any atom is 0.0242 e. The molecule has 1 aliphatic rings. The van der Waals surface area contributed by atoms with Crippen molar-refractivity contribution in [2.24, 2.45) is 17.6 Å². The maximum atomic E-state index is 5.85. The molecule has 0 radical (unpaired) electrons. The second kappa shape index (κ2) is 6.69. The van der Waals surface area contributed by atoms with Gasteiger partial charge in [0, 0.05) is 17.6 Å². The lowest BCUT2D eigenvalue weighted by Gasteiger charge is -2.25. The Hall–Kier alpha value is -0.380. The van der Waals surface area contributed by atoms with Crippen LogP contribution in [-0.2, 0) is 6.54 Å². The van der Waals surface area contributed by atoms with Crippen LogP contribution in [0, 0.1) is 11.8 Å². The van der Waals surface area contributed by atoms with E-state index in [9.17, 15) is 0 Å². The van der Waals surface area contributed by atoms with Crippen molar-refractivity contribution in [3.8, 4) is 0 Å². The van der Waals surface area contributed by atoms with Crippen LogP contribution in [0.25, 0.3) is 0 Å². The van der Waals surface area contributed by atoms with Gasteiger partial charge in [-0.2, -0.15) is 0 Å². The Labute approximate surface area is 119 Å². The zero-order valence-corrected chi connectivity index (χ0v) is 12.7.